The molecule has 0 saturated heterocycles. The average Bonchev–Trinajstić information content (AvgIpc) is 2.71. The molecule has 0 aliphatic carbocycles. The molecular weight excluding hydrogens is 426 g/mol. The number of aliphatic hydroxyl groups is 1. The number of hydrogen-bond donors (Lipinski definition) is 1. The van der Waals surface area contributed by atoms with E-state index >= 15 is 0 Å². The number of carbonyl (C=O) groups is 2. The molecule has 0 radical (unpaired) electrons. The molecule has 6 nitrogen and oxygen atoms in total. The second-order valence-corrected chi connectivity index (χ2v) is 5.51. The lowest BCUT2D eigenvalue weighted by Gasteiger charge is -2.11. The first kappa shape index (κ1) is 23.0. The monoisotopic (exact) mass is 438 g/mol. The van der Waals surface area contributed by atoms with Gasteiger partial charge in [-0.2, -0.15) is 4.39 Å². The highest BCUT2D eigenvalue weighted by Gasteiger charge is 2.25. The summed E-state index contributed by atoms with van der Waals surface area (Å²) in [4.78, 5) is 23.6. The maximum Gasteiger partial charge on any atom is 0.341 e. The average molecular weight is 438 g/mol. The van der Waals surface area contributed by atoms with Gasteiger partial charge in [0.2, 0.25) is 5.82 Å². The van der Waals surface area contributed by atoms with Crippen molar-refractivity contribution in [1.29, 1.82) is 0 Å². The molecule has 1 N–H and O–H groups in total. The highest BCUT2D eigenvalue weighted by molar-refractivity contribution is 5.91. The summed E-state index contributed by atoms with van der Waals surface area (Å²) < 4.78 is 94.8. The molecule has 0 heterocycles. The highest BCUT2D eigenvalue weighted by Crippen LogP contribution is 2.27. The van der Waals surface area contributed by atoms with E-state index < -0.39 is 89.1 Å². The molecule has 2 aromatic carbocycles. The van der Waals surface area contributed by atoms with E-state index in [9.17, 15) is 35.9 Å². The number of aliphatic hydroxyl groups excluding tert-OH is 1. The first-order chi connectivity index (χ1) is 14.1. The highest BCUT2D eigenvalue weighted by atomic mass is 19.2. The van der Waals surface area contributed by atoms with E-state index in [1.807, 2.05) is 0 Å². The van der Waals surface area contributed by atoms with Crippen LogP contribution in [0.25, 0.3) is 0 Å². The molecule has 2 aromatic rings. The van der Waals surface area contributed by atoms with Gasteiger partial charge in [-0.1, -0.05) is 0 Å². The fraction of sp³-hybridized carbons (Fsp3) is 0.222. The van der Waals surface area contributed by atoms with Crippen LogP contribution in [-0.2, 0) is 16.1 Å². The van der Waals surface area contributed by atoms with E-state index in [2.05, 4.69) is 14.2 Å². The van der Waals surface area contributed by atoms with Crippen LogP contribution >= 0.6 is 0 Å². The van der Waals surface area contributed by atoms with Crippen molar-refractivity contribution in [2.75, 3.05) is 20.3 Å². The molecule has 0 atom stereocenters. The van der Waals surface area contributed by atoms with Gasteiger partial charge in [0.05, 0.1) is 24.8 Å². The Kier molecular flexibility index (Phi) is 7.27. The number of hydrogen-bond acceptors (Lipinski definition) is 6. The Balaban J connectivity index is 2.03. The molecule has 0 unspecified atom stereocenters. The van der Waals surface area contributed by atoms with E-state index in [0.717, 1.165) is 7.11 Å². The van der Waals surface area contributed by atoms with Crippen molar-refractivity contribution in [1.82, 2.24) is 0 Å². The molecule has 12 heteroatoms. The lowest BCUT2D eigenvalue weighted by Crippen LogP contribution is -2.17. The molecule has 30 heavy (non-hydrogen) atoms. The van der Waals surface area contributed by atoms with Gasteiger partial charge in [-0.15, -0.1) is 0 Å². The molecule has 162 valence electrons. The molecule has 0 aliphatic heterocycles. The van der Waals surface area contributed by atoms with E-state index in [0.29, 0.717) is 0 Å². The normalized spacial score (nSPS) is 10.7. The second-order valence-electron chi connectivity index (χ2n) is 5.51. The summed E-state index contributed by atoms with van der Waals surface area (Å²) in [7, 11) is 0.842. The number of rotatable bonds is 7. The minimum atomic E-state index is -1.68. The smallest absolute Gasteiger partial charge is 0.341 e. The number of methoxy groups -OCH3 is 1. The van der Waals surface area contributed by atoms with Crippen LogP contribution in [0.2, 0.25) is 0 Å². The predicted molar refractivity (Wildman–Crippen MR) is 85.7 cm³/mol. The van der Waals surface area contributed by atoms with Gasteiger partial charge in [-0.05, 0) is 12.1 Å². The zero-order valence-corrected chi connectivity index (χ0v) is 15.0. The maximum atomic E-state index is 14.0. The Morgan fingerprint density at radius 3 is 1.73 bits per heavy atom. The zero-order chi connectivity index (χ0) is 22.6. The molecule has 0 aromatic heterocycles. The first-order valence-corrected chi connectivity index (χ1v) is 7.96. The lowest BCUT2D eigenvalue weighted by atomic mass is 10.1. The van der Waals surface area contributed by atoms with Crippen molar-refractivity contribution in [3.05, 3.63) is 63.7 Å². The Morgan fingerprint density at radius 1 is 0.800 bits per heavy atom. The Labute approximate surface area is 164 Å². The SMILES string of the molecule is COc1c(F)c(F)cc(C(=O)OCCOC(=O)c2cc(F)c(F)c(CO)c2F)c1F. The van der Waals surface area contributed by atoms with Gasteiger partial charge in [0.1, 0.15) is 24.6 Å². The number of halogens is 6. The van der Waals surface area contributed by atoms with Gasteiger partial charge >= 0.3 is 11.9 Å². The topological polar surface area (TPSA) is 82.1 Å². The number of ether oxygens (including phenoxy) is 3. The molecule has 0 amide bonds. The van der Waals surface area contributed by atoms with E-state index in [-0.39, 0.29) is 12.1 Å². The molecule has 0 saturated carbocycles. The van der Waals surface area contributed by atoms with Gasteiger partial charge in [0.25, 0.3) is 0 Å². The van der Waals surface area contributed by atoms with Crippen LogP contribution in [0.1, 0.15) is 26.3 Å². The van der Waals surface area contributed by atoms with Crippen LogP contribution < -0.4 is 4.74 Å². The van der Waals surface area contributed by atoms with Crippen LogP contribution in [0.3, 0.4) is 0 Å². The standard InChI is InChI=1S/C18H12F6O6/c1-28-16-14(23)8(5-11(20)15(16)24)18(27)30-3-2-29-17(26)7-4-10(19)13(22)9(6-25)12(7)21/h4-5,25H,2-3,6H2,1H3. The van der Waals surface area contributed by atoms with Crippen molar-refractivity contribution in [3.63, 3.8) is 0 Å². The maximum absolute atomic E-state index is 14.0. The zero-order valence-electron chi connectivity index (χ0n) is 15.0. The van der Waals surface area contributed by atoms with Crippen LogP contribution in [-0.4, -0.2) is 37.4 Å². The summed E-state index contributed by atoms with van der Waals surface area (Å²) >= 11 is 0. The van der Waals surface area contributed by atoms with Crippen LogP contribution in [0.4, 0.5) is 26.3 Å². The van der Waals surface area contributed by atoms with Gasteiger partial charge in [0, 0.05) is 0 Å². The quantitative estimate of drug-likeness (QED) is 0.310. The van der Waals surface area contributed by atoms with Crippen LogP contribution in [0.5, 0.6) is 5.75 Å². The second kappa shape index (κ2) is 9.48. The Morgan fingerprint density at radius 2 is 1.27 bits per heavy atom. The molecule has 0 bridgehead atoms. The Bertz CT molecular complexity index is 915. The first-order valence-electron chi connectivity index (χ1n) is 7.96. The van der Waals surface area contributed by atoms with Crippen molar-refractivity contribution < 1.29 is 55.2 Å². The lowest BCUT2D eigenvalue weighted by molar-refractivity contribution is 0.0258. The summed E-state index contributed by atoms with van der Waals surface area (Å²) in [6.07, 6.45) is 0. The number of esters is 2. The minimum Gasteiger partial charge on any atom is -0.491 e. The Hall–Kier alpha value is -3.28. The van der Waals surface area contributed by atoms with Crippen LogP contribution in [0, 0.1) is 34.9 Å². The summed E-state index contributed by atoms with van der Waals surface area (Å²) in [5.41, 5.74) is -3.12. The van der Waals surface area contributed by atoms with Crippen molar-refractivity contribution in [3.8, 4) is 5.75 Å². The summed E-state index contributed by atoms with van der Waals surface area (Å²) in [5.74, 6) is -13.7. The fourth-order valence-electron chi connectivity index (χ4n) is 2.28. The van der Waals surface area contributed by atoms with E-state index in [4.69, 9.17) is 5.11 Å². The summed E-state index contributed by atoms with van der Waals surface area (Å²) in [6, 6.07) is 0.440. The number of carbonyl (C=O) groups excluding carboxylic acids is 2. The summed E-state index contributed by atoms with van der Waals surface area (Å²) in [6.45, 7) is -2.69. The predicted octanol–water partition coefficient (Wildman–Crippen LogP) is 3.04. The minimum absolute atomic E-state index is 0.209. The molecular formula is C18H12F6O6. The molecule has 0 spiro atoms. The third-order valence-corrected chi connectivity index (χ3v) is 3.71. The van der Waals surface area contributed by atoms with Crippen molar-refractivity contribution >= 4 is 11.9 Å². The third-order valence-electron chi connectivity index (χ3n) is 3.71. The van der Waals surface area contributed by atoms with Crippen molar-refractivity contribution in [2.24, 2.45) is 0 Å². The number of benzene rings is 2. The summed E-state index contributed by atoms with van der Waals surface area (Å²) in [5, 5.41) is 8.86. The van der Waals surface area contributed by atoms with Gasteiger partial charge in [-0.3, -0.25) is 0 Å². The van der Waals surface area contributed by atoms with Gasteiger partial charge in [-0.25, -0.2) is 31.5 Å². The third kappa shape index (κ3) is 4.48. The molecule has 2 rings (SSSR count). The van der Waals surface area contributed by atoms with Crippen molar-refractivity contribution in [2.45, 2.75) is 6.61 Å². The largest absolute Gasteiger partial charge is 0.491 e. The van der Waals surface area contributed by atoms with E-state index in [1.165, 1.54) is 0 Å². The van der Waals surface area contributed by atoms with Crippen LogP contribution in [0.15, 0.2) is 12.1 Å². The molecule has 0 fully saturated rings. The fourth-order valence-corrected chi connectivity index (χ4v) is 2.28. The van der Waals surface area contributed by atoms with E-state index in [1.54, 1.807) is 0 Å². The van der Waals surface area contributed by atoms with Gasteiger partial charge < -0.3 is 19.3 Å². The van der Waals surface area contributed by atoms with Gasteiger partial charge in [0.15, 0.2) is 29.0 Å². The molecule has 0 aliphatic rings.